The number of carbonyl (C=O) groups is 1. The zero-order valence-electron chi connectivity index (χ0n) is 14.8. The maximum Gasteiger partial charge on any atom is 0.217 e. The molecule has 2 aromatic rings. The minimum Gasteiger partial charge on any atom is -0.373 e. The quantitative estimate of drug-likeness (QED) is 0.846. The van der Waals surface area contributed by atoms with Crippen molar-refractivity contribution in [2.45, 2.75) is 38.9 Å². The van der Waals surface area contributed by atoms with Crippen molar-refractivity contribution < 1.29 is 4.79 Å². The number of hydrogen-bond donors (Lipinski definition) is 2. The van der Waals surface area contributed by atoms with Crippen LogP contribution in [-0.4, -0.2) is 34.4 Å². The second-order valence-corrected chi connectivity index (χ2v) is 6.35. The topological polar surface area (TPSA) is 70.2 Å². The first kappa shape index (κ1) is 17.4. The Kier molecular flexibility index (Phi) is 5.60. The van der Waals surface area contributed by atoms with E-state index in [1.165, 1.54) is 12.5 Å². The van der Waals surface area contributed by atoms with Crippen LogP contribution in [0.4, 0.5) is 5.82 Å². The van der Waals surface area contributed by atoms with Gasteiger partial charge in [0.15, 0.2) is 0 Å². The van der Waals surface area contributed by atoms with Crippen LogP contribution in [0, 0.1) is 0 Å². The van der Waals surface area contributed by atoms with Crippen molar-refractivity contribution >= 4 is 11.7 Å². The highest BCUT2D eigenvalue weighted by atomic mass is 16.1. The molecule has 2 aromatic heterocycles. The summed E-state index contributed by atoms with van der Waals surface area (Å²) >= 11 is 0. The van der Waals surface area contributed by atoms with Gasteiger partial charge >= 0.3 is 0 Å². The van der Waals surface area contributed by atoms with Crippen LogP contribution in [0.3, 0.4) is 0 Å². The summed E-state index contributed by atoms with van der Waals surface area (Å²) in [5, 5.41) is 5.98. The van der Waals surface area contributed by atoms with Crippen LogP contribution in [0.1, 0.15) is 42.8 Å². The highest BCUT2D eigenvalue weighted by Gasteiger charge is 2.27. The van der Waals surface area contributed by atoms with E-state index in [9.17, 15) is 4.79 Å². The van der Waals surface area contributed by atoms with Gasteiger partial charge in [0.05, 0.1) is 24.0 Å². The Morgan fingerprint density at radius 1 is 1.32 bits per heavy atom. The smallest absolute Gasteiger partial charge is 0.217 e. The van der Waals surface area contributed by atoms with Gasteiger partial charge in [-0.15, -0.1) is 0 Å². The summed E-state index contributed by atoms with van der Waals surface area (Å²) < 4.78 is 0. The van der Waals surface area contributed by atoms with E-state index in [1.807, 2.05) is 31.4 Å². The van der Waals surface area contributed by atoms with E-state index in [1.54, 1.807) is 0 Å². The fourth-order valence-corrected chi connectivity index (χ4v) is 3.36. The number of hydrogen-bond acceptors (Lipinski definition) is 5. The molecular formula is C19H25N5O. The van der Waals surface area contributed by atoms with E-state index < -0.39 is 0 Å². The van der Waals surface area contributed by atoms with Crippen molar-refractivity contribution in [3.63, 3.8) is 0 Å². The lowest BCUT2D eigenvalue weighted by Gasteiger charge is -2.25. The molecule has 1 saturated heterocycles. The summed E-state index contributed by atoms with van der Waals surface area (Å²) in [6.07, 6.45) is 4.08. The molecule has 0 radical (unpaired) electrons. The molecule has 6 nitrogen and oxygen atoms in total. The Morgan fingerprint density at radius 3 is 3.00 bits per heavy atom. The van der Waals surface area contributed by atoms with Crippen LogP contribution in [0.15, 0.2) is 36.5 Å². The van der Waals surface area contributed by atoms with Crippen molar-refractivity contribution in [3.05, 3.63) is 53.5 Å². The molecule has 0 bridgehead atoms. The molecule has 0 aliphatic carbocycles. The SMILES string of the molecule is CNc1ncccc1CN1CCC[C@@H]1c1cccc(CNC(C)=O)n1. The average Bonchev–Trinajstić information content (AvgIpc) is 3.09. The molecule has 6 heteroatoms. The number of carbonyl (C=O) groups excluding carboxylic acids is 1. The van der Waals surface area contributed by atoms with Crippen LogP contribution in [0.25, 0.3) is 0 Å². The Bertz CT molecular complexity index is 733. The molecule has 1 aliphatic rings. The fraction of sp³-hybridized carbons (Fsp3) is 0.421. The largest absolute Gasteiger partial charge is 0.373 e. The molecule has 2 N–H and O–H groups in total. The highest BCUT2D eigenvalue weighted by Crippen LogP contribution is 2.33. The maximum atomic E-state index is 11.1. The first-order valence-electron chi connectivity index (χ1n) is 8.73. The molecule has 1 fully saturated rings. The summed E-state index contributed by atoms with van der Waals surface area (Å²) in [6.45, 7) is 3.91. The number of rotatable bonds is 6. The molecule has 1 amide bonds. The number of nitrogens with one attached hydrogen (secondary N) is 2. The summed E-state index contributed by atoms with van der Waals surface area (Å²) in [7, 11) is 1.90. The van der Waals surface area contributed by atoms with E-state index in [0.29, 0.717) is 12.6 Å². The van der Waals surface area contributed by atoms with Gasteiger partial charge in [-0.25, -0.2) is 4.98 Å². The lowest BCUT2D eigenvalue weighted by atomic mass is 10.1. The number of likely N-dealkylation sites (tertiary alicyclic amines) is 1. The zero-order valence-corrected chi connectivity index (χ0v) is 14.8. The molecule has 3 rings (SSSR count). The lowest BCUT2D eigenvalue weighted by Crippen LogP contribution is -2.25. The van der Waals surface area contributed by atoms with E-state index in [4.69, 9.17) is 4.98 Å². The Hall–Kier alpha value is -2.47. The number of nitrogens with zero attached hydrogens (tertiary/aromatic N) is 3. The number of aromatic nitrogens is 2. The van der Waals surface area contributed by atoms with Crippen molar-refractivity contribution in [1.82, 2.24) is 20.2 Å². The number of amides is 1. The van der Waals surface area contributed by atoms with Gasteiger partial charge in [-0.1, -0.05) is 12.1 Å². The van der Waals surface area contributed by atoms with Crippen LogP contribution < -0.4 is 10.6 Å². The fourth-order valence-electron chi connectivity index (χ4n) is 3.36. The zero-order chi connectivity index (χ0) is 17.6. The standard InChI is InChI=1S/C19H25N5O/c1-14(25)22-12-16-7-3-8-17(23-16)18-9-5-11-24(18)13-15-6-4-10-21-19(15)20-2/h3-4,6-8,10,18H,5,9,11-13H2,1-2H3,(H,20,21)(H,22,25)/t18-/m1/s1. The molecule has 1 atom stereocenters. The normalized spacial score (nSPS) is 17.4. The molecule has 3 heterocycles. The second kappa shape index (κ2) is 8.07. The Morgan fingerprint density at radius 2 is 2.20 bits per heavy atom. The van der Waals surface area contributed by atoms with E-state index in [2.05, 4.69) is 32.7 Å². The molecule has 1 aliphatic heterocycles. The molecule has 0 spiro atoms. The molecule has 132 valence electrons. The maximum absolute atomic E-state index is 11.1. The van der Waals surface area contributed by atoms with Gasteiger partial charge in [-0.05, 0) is 37.6 Å². The van der Waals surface area contributed by atoms with Gasteiger partial charge in [0.1, 0.15) is 5.82 Å². The third-order valence-electron chi connectivity index (χ3n) is 4.55. The van der Waals surface area contributed by atoms with Gasteiger partial charge in [0.25, 0.3) is 0 Å². The van der Waals surface area contributed by atoms with Crippen LogP contribution in [0.2, 0.25) is 0 Å². The lowest BCUT2D eigenvalue weighted by molar-refractivity contribution is -0.119. The van der Waals surface area contributed by atoms with Crippen LogP contribution >= 0.6 is 0 Å². The minimum atomic E-state index is -0.0362. The van der Waals surface area contributed by atoms with Crippen molar-refractivity contribution in [2.24, 2.45) is 0 Å². The van der Waals surface area contributed by atoms with Gasteiger partial charge in [-0.3, -0.25) is 14.7 Å². The monoisotopic (exact) mass is 339 g/mol. The van der Waals surface area contributed by atoms with Gasteiger partial charge < -0.3 is 10.6 Å². The Balaban J connectivity index is 1.75. The molecule has 25 heavy (non-hydrogen) atoms. The Labute approximate surface area is 148 Å². The molecule has 0 aromatic carbocycles. The van der Waals surface area contributed by atoms with Gasteiger partial charge in [0, 0.05) is 32.3 Å². The van der Waals surface area contributed by atoms with Crippen LogP contribution in [0.5, 0.6) is 0 Å². The first-order valence-corrected chi connectivity index (χ1v) is 8.73. The summed E-state index contributed by atoms with van der Waals surface area (Å²) in [5.74, 6) is 0.895. The summed E-state index contributed by atoms with van der Waals surface area (Å²) in [5.41, 5.74) is 3.18. The van der Waals surface area contributed by atoms with E-state index in [0.717, 1.165) is 43.1 Å². The highest BCUT2D eigenvalue weighted by molar-refractivity contribution is 5.72. The van der Waals surface area contributed by atoms with Gasteiger partial charge in [-0.2, -0.15) is 0 Å². The number of anilines is 1. The third kappa shape index (κ3) is 4.33. The summed E-state index contributed by atoms with van der Waals surface area (Å²) in [6, 6.07) is 10.5. The number of pyridine rings is 2. The molecule has 0 saturated carbocycles. The predicted octanol–water partition coefficient (Wildman–Crippen LogP) is 2.49. The average molecular weight is 339 g/mol. The van der Waals surface area contributed by atoms with Gasteiger partial charge in [0.2, 0.25) is 5.91 Å². The summed E-state index contributed by atoms with van der Waals surface area (Å²) in [4.78, 5) is 22.7. The predicted molar refractivity (Wildman–Crippen MR) is 97.9 cm³/mol. The van der Waals surface area contributed by atoms with Crippen molar-refractivity contribution in [3.8, 4) is 0 Å². The first-order chi connectivity index (χ1) is 12.2. The van der Waals surface area contributed by atoms with E-state index in [-0.39, 0.29) is 5.91 Å². The van der Waals surface area contributed by atoms with Crippen molar-refractivity contribution in [2.75, 3.05) is 18.9 Å². The minimum absolute atomic E-state index is 0.0362. The van der Waals surface area contributed by atoms with Crippen molar-refractivity contribution in [1.29, 1.82) is 0 Å². The second-order valence-electron chi connectivity index (χ2n) is 6.35. The molecular weight excluding hydrogens is 314 g/mol. The van der Waals surface area contributed by atoms with Crippen LogP contribution in [-0.2, 0) is 17.9 Å². The third-order valence-corrected chi connectivity index (χ3v) is 4.55. The van der Waals surface area contributed by atoms with E-state index >= 15 is 0 Å². The molecule has 0 unspecified atom stereocenters.